The van der Waals surface area contributed by atoms with Gasteiger partial charge in [0, 0.05) is 6.04 Å². The highest BCUT2D eigenvalue weighted by Crippen LogP contribution is 2.22. The minimum absolute atomic E-state index is 0.0258. The smallest absolute Gasteiger partial charge is 0.238 e. The number of aryl methyl sites for hydroxylation is 1. The van der Waals surface area contributed by atoms with Crippen LogP contribution in [-0.2, 0) is 11.2 Å². The van der Waals surface area contributed by atoms with Gasteiger partial charge in [-0.1, -0.05) is 51.1 Å². The predicted molar refractivity (Wildman–Crippen MR) is 96.4 cm³/mol. The number of anilines is 1. The van der Waals surface area contributed by atoms with E-state index in [4.69, 9.17) is 0 Å². The Morgan fingerprint density at radius 3 is 2.16 bits per heavy atom. The van der Waals surface area contributed by atoms with Gasteiger partial charge in [0.2, 0.25) is 5.91 Å². The van der Waals surface area contributed by atoms with Crippen LogP contribution in [0.2, 0.25) is 0 Å². The largest absolute Gasteiger partial charge is 0.320 e. The van der Waals surface area contributed by atoms with Crippen LogP contribution in [0.5, 0.6) is 0 Å². The van der Waals surface area contributed by atoms with E-state index < -0.39 is 23.2 Å². The minimum atomic E-state index is -0.788. The van der Waals surface area contributed by atoms with E-state index in [1.165, 1.54) is 11.6 Å². The maximum absolute atomic E-state index is 13.6. The lowest BCUT2D eigenvalue weighted by atomic mass is 9.95. The fraction of sp³-hybridized carbons (Fsp3) is 0.350. The molecule has 2 N–H and O–H groups in total. The van der Waals surface area contributed by atoms with Crippen molar-refractivity contribution in [2.24, 2.45) is 5.92 Å². The van der Waals surface area contributed by atoms with Gasteiger partial charge in [-0.05, 0) is 35.6 Å². The van der Waals surface area contributed by atoms with E-state index in [0.717, 1.165) is 24.1 Å². The van der Waals surface area contributed by atoms with Crippen LogP contribution in [0.15, 0.2) is 42.5 Å². The normalized spacial score (nSPS) is 12.2. The molecule has 2 rings (SSSR count). The number of hydrogen-bond donors (Lipinski definition) is 2. The Morgan fingerprint density at radius 1 is 1.04 bits per heavy atom. The Labute approximate surface area is 147 Å². The molecule has 0 aliphatic carbocycles. The molecular formula is C20H24F2N2O. The summed E-state index contributed by atoms with van der Waals surface area (Å²) in [5, 5.41) is 5.47. The van der Waals surface area contributed by atoms with Gasteiger partial charge < -0.3 is 10.6 Å². The van der Waals surface area contributed by atoms with Crippen molar-refractivity contribution in [1.82, 2.24) is 5.32 Å². The van der Waals surface area contributed by atoms with Gasteiger partial charge in [0.25, 0.3) is 0 Å². The van der Waals surface area contributed by atoms with E-state index in [9.17, 15) is 13.6 Å². The third kappa shape index (κ3) is 5.10. The Bertz CT molecular complexity index is 694. The summed E-state index contributed by atoms with van der Waals surface area (Å²) in [6, 6.07) is 11.7. The Kier molecular flexibility index (Phi) is 6.65. The molecule has 0 aromatic heterocycles. The van der Waals surface area contributed by atoms with Crippen molar-refractivity contribution in [2.45, 2.75) is 33.2 Å². The minimum Gasteiger partial charge on any atom is -0.320 e. The van der Waals surface area contributed by atoms with Crippen LogP contribution < -0.4 is 10.6 Å². The summed E-state index contributed by atoms with van der Waals surface area (Å²) in [6.07, 6.45) is 0.969. The molecule has 0 unspecified atom stereocenters. The molecule has 0 radical (unpaired) electrons. The fourth-order valence-electron chi connectivity index (χ4n) is 2.70. The summed E-state index contributed by atoms with van der Waals surface area (Å²) in [6.45, 7) is 6.17. The molecule has 0 aliphatic heterocycles. The second kappa shape index (κ2) is 8.72. The Morgan fingerprint density at radius 2 is 1.64 bits per heavy atom. The first-order chi connectivity index (χ1) is 11.9. The summed E-state index contributed by atoms with van der Waals surface area (Å²) in [7, 11) is 0. The van der Waals surface area contributed by atoms with Crippen molar-refractivity contribution in [2.75, 3.05) is 11.9 Å². The number of carbonyl (C=O) groups excluding carboxylic acids is 1. The fourth-order valence-corrected chi connectivity index (χ4v) is 2.70. The summed E-state index contributed by atoms with van der Waals surface area (Å²) in [5.74, 6) is -1.81. The predicted octanol–water partition coefficient (Wildman–Crippen LogP) is 4.45. The number of amides is 1. The number of rotatable bonds is 7. The number of hydrogen-bond acceptors (Lipinski definition) is 2. The summed E-state index contributed by atoms with van der Waals surface area (Å²) >= 11 is 0. The van der Waals surface area contributed by atoms with E-state index in [1.54, 1.807) is 0 Å². The monoisotopic (exact) mass is 346 g/mol. The molecule has 25 heavy (non-hydrogen) atoms. The number of halogens is 2. The number of benzene rings is 2. The lowest BCUT2D eigenvalue weighted by Crippen LogP contribution is -2.34. The molecule has 3 nitrogen and oxygen atoms in total. The molecule has 2 aromatic rings. The molecule has 0 saturated carbocycles. The van der Waals surface area contributed by atoms with Crippen LogP contribution in [0.25, 0.3) is 0 Å². The molecular weight excluding hydrogens is 322 g/mol. The first-order valence-corrected chi connectivity index (χ1v) is 8.48. The first-order valence-electron chi connectivity index (χ1n) is 8.48. The van der Waals surface area contributed by atoms with Crippen molar-refractivity contribution in [1.29, 1.82) is 0 Å². The van der Waals surface area contributed by atoms with Crippen LogP contribution in [0, 0.1) is 17.6 Å². The highest BCUT2D eigenvalue weighted by molar-refractivity contribution is 5.92. The zero-order valence-corrected chi connectivity index (χ0v) is 14.8. The van der Waals surface area contributed by atoms with Crippen LogP contribution in [0.3, 0.4) is 0 Å². The van der Waals surface area contributed by atoms with Crippen LogP contribution in [0.4, 0.5) is 14.5 Å². The van der Waals surface area contributed by atoms with E-state index in [-0.39, 0.29) is 18.5 Å². The number of nitrogens with one attached hydrogen (secondary N) is 2. The highest BCUT2D eigenvalue weighted by Gasteiger charge is 2.18. The van der Waals surface area contributed by atoms with Gasteiger partial charge in [0.05, 0.1) is 6.54 Å². The zero-order valence-electron chi connectivity index (χ0n) is 14.8. The number of para-hydroxylation sites is 1. The maximum Gasteiger partial charge on any atom is 0.238 e. The third-order valence-electron chi connectivity index (χ3n) is 4.12. The van der Waals surface area contributed by atoms with Gasteiger partial charge in [-0.25, -0.2) is 8.78 Å². The van der Waals surface area contributed by atoms with Crippen molar-refractivity contribution < 1.29 is 13.6 Å². The Balaban J connectivity index is 2.01. The van der Waals surface area contributed by atoms with E-state index >= 15 is 0 Å². The molecule has 0 saturated heterocycles. The topological polar surface area (TPSA) is 41.1 Å². The first kappa shape index (κ1) is 19.1. The summed E-state index contributed by atoms with van der Waals surface area (Å²) < 4.78 is 27.2. The molecule has 0 heterocycles. The second-order valence-corrected chi connectivity index (χ2v) is 6.34. The van der Waals surface area contributed by atoms with Gasteiger partial charge in [-0.2, -0.15) is 0 Å². The standard InChI is InChI=1S/C20H24F2N2O/c1-4-14-8-10-15(11-9-14)19(13(2)3)23-12-18(25)24-20-16(21)6-5-7-17(20)22/h5-11,13,19,23H,4,12H2,1-3H3,(H,24,25)/t19-/m0/s1. The quantitative estimate of drug-likeness (QED) is 0.777. The van der Waals surface area contributed by atoms with Gasteiger partial charge in [0.15, 0.2) is 0 Å². The highest BCUT2D eigenvalue weighted by atomic mass is 19.1. The maximum atomic E-state index is 13.6. The summed E-state index contributed by atoms with van der Waals surface area (Å²) in [5.41, 5.74) is 1.92. The van der Waals surface area contributed by atoms with E-state index in [2.05, 4.69) is 43.5 Å². The molecule has 0 spiro atoms. The second-order valence-electron chi connectivity index (χ2n) is 6.34. The lowest BCUT2D eigenvalue weighted by Gasteiger charge is -2.23. The van der Waals surface area contributed by atoms with Gasteiger partial charge >= 0.3 is 0 Å². The van der Waals surface area contributed by atoms with E-state index in [1.807, 2.05) is 12.1 Å². The number of carbonyl (C=O) groups is 1. The summed E-state index contributed by atoms with van der Waals surface area (Å²) in [4.78, 5) is 12.1. The Hall–Kier alpha value is -2.27. The van der Waals surface area contributed by atoms with Crippen molar-refractivity contribution >= 4 is 11.6 Å². The van der Waals surface area contributed by atoms with Gasteiger partial charge in [0.1, 0.15) is 17.3 Å². The van der Waals surface area contributed by atoms with Crippen LogP contribution in [0.1, 0.15) is 37.9 Å². The van der Waals surface area contributed by atoms with Gasteiger partial charge in [-0.3, -0.25) is 4.79 Å². The van der Waals surface area contributed by atoms with Crippen molar-refractivity contribution in [3.05, 3.63) is 65.2 Å². The molecule has 2 aromatic carbocycles. The van der Waals surface area contributed by atoms with Crippen molar-refractivity contribution in [3.8, 4) is 0 Å². The lowest BCUT2D eigenvalue weighted by molar-refractivity contribution is -0.115. The molecule has 1 amide bonds. The molecule has 5 heteroatoms. The SMILES string of the molecule is CCc1ccc([C@@H](NCC(=O)Nc2c(F)cccc2F)C(C)C)cc1. The van der Waals surface area contributed by atoms with Crippen LogP contribution >= 0.6 is 0 Å². The molecule has 0 aliphatic rings. The average Bonchev–Trinajstić information content (AvgIpc) is 2.59. The van der Waals surface area contributed by atoms with Gasteiger partial charge in [-0.15, -0.1) is 0 Å². The van der Waals surface area contributed by atoms with Crippen LogP contribution in [-0.4, -0.2) is 12.5 Å². The third-order valence-corrected chi connectivity index (χ3v) is 4.12. The average molecular weight is 346 g/mol. The molecule has 134 valence electrons. The molecule has 1 atom stereocenters. The molecule has 0 fully saturated rings. The molecule has 0 bridgehead atoms. The van der Waals surface area contributed by atoms with E-state index in [0.29, 0.717) is 0 Å². The zero-order chi connectivity index (χ0) is 18.4. The van der Waals surface area contributed by atoms with Crippen molar-refractivity contribution in [3.63, 3.8) is 0 Å².